The van der Waals surface area contributed by atoms with Crippen molar-refractivity contribution >= 4 is 5.78 Å². The van der Waals surface area contributed by atoms with E-state index in [4.69, 9.17) is 4.74 Å². The smallest absolute Gasteiger partial charge is 0.196 e. The summed E-state index contributed by atoms with van der Waals surface area (Å²) >= 11 is 0. The fourth-order valence-corrected chi connectivity index (χ4v) is 1.73. The second-order valence-electron chi connectivity index (χ2n) is 4.08. The quantitative estimate of drug-likeness (QED) is 0.842. The Morgan fingerprint density at radius 2 is 1.78 bits per heavy atom. The van der Waals surface area contributed by atoms with Gasteiger partial charge in [0.05, 0.1) is 12.7 Å². The topological polar surface area (TPSA) is 46.5 Å². The number of methoxy groups -OCH3 is 1. The van der Waals surface area contributed by atoms with Gasteiger partial charge in [0.25, 0.3) is 0 Å². The van der Waals surface area contributed by atoms with E-state index < -0.39 is 0 Å². The number of aryl methyl sites for hydroxylation is 1. The minimum atomic E-state index is -0.119. The van der Waals surface area contributed by atoms with Crippen molar-refractivity contribution in [2.45, 2.75) is 6.92 Å². The number of rotatable bonds is 3. The van der Waals surface area contributed by atoms with Gasteiger partial charge in [-0.3, -0.25) is 4.79 Å². The van der Waals surface area contributed by atoms with Crippen LogP contribution in [0, 0.1) is 6.92 Å². The van der Waals surface area contributed by atoms with Gasteiger partial charge in [0, 0.05) is 11.6 Å². The molecule has 2 rings (SSSR count). The molecule has 3 heteroatoms. The molecule has 1 N–H and O–H groups in total. The Hall–Kier alpha value is -2.29. The van der Waals surface area contributed by atoms with E-state index in [1.54, 1.807) is 18.2 Å². The molecule has 18 heavy (non-hydrogen) atoms. The monoisotopic (exact) mass is 242 g/mol. The first-order valence-electron chi connectivity index (χ1n) is 5.60. The molecule has 0 atom stereocenters. The van der Waals surface area contributed by atoms with Gasteiger partial charge >= 0.3 is 0 Å². The van der Waals surface area contributed by atoms with E-state index in [0.29, 0.717) is 16.9 Å². The van der Waals surface area contributed by atoms with E-state index in [-0.39, 0.29) is 11.5 Å². The van der Waals surface area contributed by atoms with Crippen LogP contribution in [0.15, 0.2) is 42.5 Å². The molecule has 92 valence electrons. The van der Waals surface area contributed by atoms with Crippen molar-refractivity contribution in [3.05, 3.63) is 59.2 Å². The van der Waals surface area contributed by atoms with Crippen molar-refractivity contribution in [1.29, 1.82) is 0 Å². The highest BCUT2D eigenvalue weighted by Crippen LogP contribution is 2.26. The summed E-state index contributed by atoms with van der Waals surface area (Å²) in [5, 5.41) is 9.37. The lowest BCUT2D eigenvalue weighted by atomic mass is 10.0. The van der Waals surface area contributed by atoms with Gasteiger partial charge in [-0.25, -0.2) is 0 Å². The van der Waals surface area contributed by atoms with Crippen LogP contribution in [-0.4, -0.2) is 18.0 Å². The second-order valence-corrected chi connectivity index (χ2v) is 4.08. The van der Waals surface area contributed by atoms with Crippen molar-refractivity contribution in [2.75, 3.05) is 7.11 Å². The molecule has 2 aromatic rings. The SMILES string of the molecule is COc1cc(O)ccc1C(=O)c1ccc(C)cc1. The van der Waals surface area contributed by atoms with E-state index in [0.717, 1.165) is 5.56 Å². The fraction of sp³-hybridized carbons (Fsp3) is 0.133. The highest BCUT2D eigenvalue weighted by atomic mass is 16.5. The number of hydrogen-bond acceptors (Lipinski definition) is 3. The molecule has 0 unspecified atom stereocenters. The van der Waals surface area contributed by atoms with Gasteiger partial charge in [0.15, 0.2) is 5.78 Å². The van der Waals surface area contributed by atoms with E-state index in [1.807, 2.05) is 19.1 Å². The number of aromatic hydroxyl groups is 1. The van der Waals surface area contributed by atoms with Crippen LogP contribution < -0.4 is 4.74 Å². The van der Waals surface area contributed by atoms with Gasteiger partial charge in [-0.15, -0.1) is 0 Å². The molecule has 0 saturated carbocycles. The highest BCUT2D eigenvalue weighted by molar-refractivity contribution is 6.10. The van der Waals surface area contributed by atoms with E-state index in [9.17, 15) is 9.90 Å². The van der Waals surface area contributed by atoms with Crippen LogP contribution in [0.5, 0.6) is 11.5 Å². The van der Waals surface area contributed by atoms with Crippen molar-refractivity contribution in [2.24, 2.45) is 0 Å². The maximum Gasteiger partial charge on any atom is 0.196 e. The molecule has 2 aromatic carbocycles. The summed E-state index contributed by atoms with van der Waals surface area (Å²) in [7, 11) is 1.47. The first kappa shape index (κ1) is 12.2. The predicted octanol–water partition coefficient (Wildman–Crippen LogP) is 2.94. The third kappa shape index (κ3) is 2.35. The number of carbonyl (C=O) groups is 1. The Bertz CT molecular complexity index is 571. The van der Waals surface area contributed by atoms with Crippen molar-refractivity contribution < 1.29 is 14.6 Å². The number of benzene rings is 2. The fourth-order valence-electron chi connectivity index (χ4n) is 1.73. The van der Waals surface area contributed by atoms with E-state index in [1.165, 1.54) is 19.2 Å². The third-order valence-electron chi connectivity index (χ3n) is 2.74. The lowest BCUT2D eigenvalue weighted by Gasteiger charge is -2.08. The summed E-state index contributed by atoms with van der Waals surface area (Å²) in [4.78, 5) is 12.3. The number of hydrogen-bond donors (Lipinski definition) is 1. The van der Waals surface area contributed by atoms with Gasteiger partial charge in [-0.05, 0) is 19.1 Å². The van der Waals surface area contributed by atoms with Crippen molar-refractivity contribution in [3.63, 3.8) is 0 Å². The number of ether oxygens (including phenoxy) is 1. The molecule has 0 fully saturated rings. The van der Waals surface area contributed by atoms with Crippen LogP contribution >= 0.6 is 0 Å². The highest BCUT2D eigenvalue weighted by Gasteiger charge is 2.14. The summed E-state index contributed by atoms with van der Waals surface area (Å²) in [5.74, 6) is 0.333. The average molecular weight is 242 g/mol. The standard InChI is InChI=1S/C15H14O3/c1-10-3-5-11(6-4-10)15(17)13-8-7-12(16)9-14(13)18-2/h3-9,16H,1-2H3. The zero-order chi connectivity index (χ0) is 13.1. The first-order valence-corrected chi connectivity index (χ1v) is 5.60. The Kier molecular flexibility index (Phi) is 3.33. The molecule has 0 spiro atoms. The Morgan fingerprint density at radius 3 is 2.39 bits per heavy atom. The van der Waals surface area contributed by atoms with E-state index >= 15 is 0 Å². The molecular formula is C15H14O3. The normalized spacial score (nSPS) is 10.1. The van der Waals surface area contributed by atoms with Crippen molar-refractivity contribution in [1.82, 2.24) is 0 Å². The molecule has 0 bridgehead atoms. The van der Waals surface area contributed by atoms with Gasteiger partial charge in [0.2, 0.25) is 0 Å². The van der Waals surface area contributed by atoms with E-state index in [2.05, 4.69) is 0 Å². The van der Waals surface area contributed by atoms with Crippen LogP contribution in [0.4, 0.5) is 0 Å². The molecule has 0 aliphatic rings. The predicted molar refractivity (Wildman–Crippen MR) is 69.3 cm³/mol. The largest absolute Gasteiger partial charge is 0.508 e. The van der Waals surface area contributed by atoms with Gasteiger partial charge in [-0.2, -0.15) is 0 Å². The number of ketones is 1. The van der Waals surface area contributed by atoms with Crippen LogP contribution in [0.2, 0.25) is 0 Å². The molecule has 3 nitrogen and oxygen atoms in total. The Labute approximate surface area is 106 Å². The lowest BCUT2D eigenvalue weighted by Crippen LogP contribution is -2.03. The molecule has 0 amide bonds. The number of phenolic OH excluding ortho intramolecular Hbond substituents is 1. The van der Waals surface area contributed by atoms with Gasteiger partial charge in [-0.1, -0.05) is 29.8 Å². The van der Waals surface area contributed by atoms with Crippen LogP contribution in [0.1, 0.15) is 21.5 Å². The average Bonchev–Trinajstić information content (AvgIpc) is 2.38. The third-order valence-corrected chi connectivity index (χ3v) is 2.74. The molecule has 0 heterocycles. The minimum Gasteiger partial charge on any atom is -0.508 e. The maximum atomic E-state index is 12.3. The molecule has 0 aliphatic carbocycles. The molecule has 0 aliphatic heterocycles. The second kappa shape index (κ2) is 4.92. The van der Waals surface area contributed by atoms with Gasteiger partial charge in [0.1, 0.15) is 11.5 Å². The summed E-state index contributed by atoms with van der Waals surface area (Å²) in [6.07, 6.45) is 0. The molecule has 0 radical (unpaired) electrons. The zero-order valence-corrected chi connectivity index (χ0v) is 10.3. The molecular weight excluding hydrogens is 228 g/mol. The minimum absolute atomic E-state index is 0.0762. The van der Waals surface area contributed by atoms with Crippen LogP contribution in [-0.2, 0) is 0 Å². The summed E-state index contributed by atoms with van der Waals surface area (Å²) in [6, 6.07) is 11.8. The summed E-state index contributed by atoms with van der Waals surface area (Å²) in [6.45, 7) is 1.97. The zero-order valence-electron chi connectivity index (χ0n) is 10.3. The molecule has 0 saturated heterocycles. The molecule has 0 aromatic heterocycles. The van der Waals surface area contributed by atoms with Crippen LogP contribution in [0.25, 0.3) is 0 Å². The van der Waals surface area contributed by atoms with Gasteiger partial charge < -0.3 is 9.84 Å². The number of carbonyl (C=O) groups excluding carboxylic acids is 1. The van der Waals surface area contributed by atoms with Crippen LogP contribution in [0.3, 0.4) is 0 Å². The summed E-state index contributed by atoms with van der Waals surface area (Å²) in [5.41, 5.74) is 2.15. The number of phenols is 1. The summed E-state index contributed by atoms with van der Waals surface area (Å²) < 4.78 is 5.11. The van der Waals surface area contributed by atoms with Crippen molar-refractivity contribution in [3.8, 4) is 11.5 Å². The lowest BCUT2D eigenvalue weighted by molar-refractivity contribution is 0.103. The Balaban J connectivity index is 2.42. The Morgan fingerprint density at radius 1 is 1.11 bits per heavy atom. The first-order chi connectivity index (χ1) is 8.61. The maximum absolute atomic E-state index is 12.3.